The van der Waals surface area contributed by atoms with Gasteiger partial charge < -0.3 is 11.1 Å². The van der Waals surface area contributed by atoms with Crippen molar-refractivity contribution < 1.29 is 9.72 Å². The molecule has 22 heavy (non-hydrogen) atoms. The van der Waals surface area contributed by atoms with Crippen LogP contribution in [-0.4, -0.2) is 27.6 Å². The highest BCUT2D eigenvalue weighted by molar-refractivity contribution is 6.29. The SMILES string of the molecule is NC(=O)c1cc(Cl)nnc1NCCc1ccccc1[N+](=O)[O-]. The van der Waals surface area contributed by atoms with Crippen molar-refractivity contribution >= 4 is 29.0 Å². The normalized spacial score (nSPS) is 10.2. The smallest absolute Gasteiger partial charge is 0.272 e. The van der Waals surface area contributed by atoms with Gasteiger partial charge in [0.1, 0.15) is 0 Å². The quantitative estimate of drug-likeness (QED) is 0.617. The van der Waals surface area contributed by atoms with E-state index >= 15 is 0 Å². The Bertz CT molecular complexity index is 723. The molecule has 0 aliphatic carbocycles. The number of amides is 1. The third kappa shape index (κ3) is 3.67. The van der Waals surface area contributed by atoms with Crippen LogP contribution in [0.5, 0.6) is 0 Å². The first-order valence-electron chi connectivity index (χ1n) is 6.28. The first kappa shape index (κ1) is 15.6. The Kier molecular flexibility index (Phi) is 4.84. The standard InChI is InChI=1S/C13H12ClN5O3/c14-11-7-9(12(15)20)13(18-17-11)16-6-5-8-3-1-2-4-10(8)19(21)22/h1-4,7H,5-6H2,(H2,15,20)(H,16,18). The zero-order valence-electron chi connectivity index (χ0n) is 11.3. The molecule has 8 nitrogen and oxygen atoms in total. The van der Waals surface area contributed by atoms with Crippen LogP contribution in [0.15, 0.2) is 30.3 Å². The Balaban J connectivity index is 2.09. The van der Waals surface area contributed by atoms with Crippen LogP contribution in [0.25, 0.3) is 0 Å². The summed E-state index contributed by atoms with van der Waals surface area (Å²) in [5.74, 6) is -0.500. The number of nitrogens with zero attached hydrogens (tertiary/aromatic N) is 3. The number of halogens is 1. The number of nitro groups is 1. The molecule has 1 amide bonds. The molecule has 3 N–H and O–H groups in total. The van der Waals surface area contributed by atoms with Crippen molar-refractivity contribution in [3.05, 3.63) is 56.7 Å². The van der Waals surface area contributed by atoms with E-state index in [1.54, 1.807) is 18.2 Å². The number of para-hydroxylation sites is 1. The van der Waals surface area contributed by atoms with E-state index in [0.717, 1.165) is 0 Å². The summed E-state index contributed by atoms with van der Waals surface area (Å²) >= 11 is 5.66. The van der Waals surface area contributed by atoms with Crippen molar-refractivity contribution in [1.29, 1.82) is 0 Å². The highest BCUT2D eigenvalue weighted by Gasteiger charge is 2.14. The Hall–Kier alpha value is -2.74. The van der Waals surface area contributed by atoms with Crippen LogP contribution < -0.4 is 11.1 Å². The second-order valence-electron chi connectivity index (χ2n) is 4.36. The zero-order valence-corrected chi connectivity index (χ0v) is 12.1. The molecule has 2 aromatic rings. The van der Waals surface area contributed by atoms with Crippen LogP contribution in [0.1, 0.15) is 15.9 Å². The maximum Gasteiger partial charge on any atom is 0.272 e. The van der Waals surface area contributed by atoms with E-state index in [0.29, 0.717) is 18.5 Å². The van der Waals surface area contributed by atoms with E-state index in [4.69, 9.17) is 17.3 Å². The third-order valence-corrected chi connectivity index (χ3v) is 3.09. The van der Waals surface area contributed by atoms with Crippen molar-refractivity contribution in [2.24, 2.45) is 5.73 Å². The molecular weight excluding hydrogens is 310 g/mol. The molecule has 0 fully saturated rings. The fourth-order valence-electron chi connectivity index (χ4n) is 1.90. The summed E-state index contributed by atoms with van der Waals surface area (Å²) in [6.07, 6.45) is 0.375. The topological polar surface area (TPSA) is 124 Å². The van der Waals surface area contributed by atoms with Crippen molar-refractivity contribution in [3.63, 3.8) is 0 Å². The maximum absolute atomic E-state index is 11.3. The number of rotatable bonds is 6. The van der Waals surface area contributed by atoms with Crippen molar-refractivity contribution in [2.75, 3.05) is 11.9 Å². The number of nitrogens with one attached hydrogen (secondary N) is 1. The van der Waals surface area contributed by atoms with Crippen molar-refractivity contribution in [3.8, 4) is 0 Å². The van der Waals surface area contributed by atoms with Crippen LogP contribution in [0.4, 0.5) is 11.5 Å². The first-order valence-corrected chi connectivity index (χ1v) is 6.66. The second-order valence-corrected chi connectivity index (χ2v) is 4.74. The summed E-state index contributed by atoms with van der Waals surface area (Å²) in [6, 6.07) is 7.74. The minimum Gasteiger partial charge on any atom is -0.368 e. The van der Waals surface area contributed by atoms with E-state index in [1.807, 2.05) is 0 Å². The lowest BCUT2D eigenvalue weighted by molar-refractivity contribution is -0.385. The molecule has 114 valence electrons. The lowest BCUT2D eigenvalue weighted by atomic mass is 10.1. The number of hydrogen-bond donors (Lipinski definition) is 2. The molecule has 0 saturated carbocycles. The molecule has 1 aromatic carbocycles. The molecule has 2 rings (SSSR count). The number of nitrogens with two attached hydrogens (primary N) is 1. The average Bonchev–Trinajstić information content (AvgIpc) is 2.48. The molecule has 0 spiro atoms. The summed E-state index contributed by atoms with van der Waals surface area (Å²) < 4.78 is 0. The number of hydrogen-bond acceptors (Lipinski definition) is 6. The van der Waals surface area contributed by atoms with Crippen molar-refractivity contribution in [2.45, 2.75) is 6.42 Å². The minimum absolute atomic E-state index is 0.0432. The van der Waals surface area contributed by atoms with Gasteiger partial charge in [-0.25, -0.2) is 0 Å². The zero-order chi connectivity index (χ0) is 16.1. The summed E-state index contributed by atoms with van der Waals surface area (Å²) in [6.45, 7) is 0.321. The number of benzene rings is 1. The van der Waals surface area contributed by atoms with Gasteiger partial charge in [0, 0.05) is 18.2 Å². The van der Waals surface area contributed by atoms with E-state index in [-0.39, 0.29) is 22.2 Å². The molecule has 0 atom stereocenters. The highest BCUT2D eigenvalue weighted by atomic mass is 35.5. The Morgan fingerprint density at radius 2 is 2.09 bits per heavy atom. The van der Waals surface area contributed by atoms with Gasteiger partial charge in [-0.15, -0.1) is 10.2 Å². The van der Waals surface area contributed by atoms with Crippen LogP contribution in [0.2, 0.25) is 5.15 Å². The van der Waals surface area contributed by atoms with Crippen LogP contribution >= 0.6 is 11.6 Å². The minimum atomic E-state index is -0.690. The lowest BCUT2D eigenvalue weighted by Crippen LogP contribution is -2.17. The molecule has 9 heteroatoms. The average molecular weight is 322 g/mol. The Morgan fingerprint density at radius 3 is 2.77 bits per heavy atom. The largest absolute Gasteiger partial charge is 0.368 e. The molecule has 1 heterocycles. The third-order valence-electron chi connectivity index (χ3n) is 2.90. The van der Waals surface area contributed by atoms with Crippen LogP contribution in [-0.2, 0) is 6.42 Å². The predicted octanol–water partition coefficient (Wildman–Crippen LogP) is 1.79. The number of carbonyl (C=O) groups is 1. The molecule has 1 aromatic heterocycles. The van der Waals surface area contributed by atoms with E-state index in [2.05, 4.69) is 15.5 Å². The van der Waals surface area contributed by atoms with Gasteiger partial charge in [-0.1, -0.05) is 29.8 Å². The van der Waals surface area contributed by atoms with E-state index < -0.39 is 10.8 Å². The number of nitro benzene ring substituents is 1. The Morgan fingerprint density at radius 1 is 1.36 bits per heavy atom. The Labute approximate surface area is 130 Å². The summed E-state index contributed by atoms with van der Waals surface area (Å²) in [4.78, 5) is 21.8. The van der Waals surface area contributed by atoms with Crippen LogP contribution in [0, 0.1) is 10.1 Å². The van der Waals surface area contributed by atoms with E-state index in [9.17, 15) is 14.9 Å². The van der Waals surface area contributed by atoms with Gasteiger partial charge in [-0.05, 0) is 12.5 Å². The second kappa shape index (κ2) is 6.81. The first-order chi connectivity index (χ1) is 10.5. The number of primary amides is 1. The van der Waals surface area contributed by atoms with Gasteiger partial charge >= 0.3 is 0 Å². The van der Waals surface area contributed by atoms with Crippen LogP contribution in [0.3, 0.4) is 0 Å². The molecule has 0 saturated heterocycles. The monoisotopic (exact) mass is 321 g/mol. The number of aromatic nitrogens is 2. The summed E-state index contributed by atoms with van der Waals surface area (Å²) in [7, 11) is 0. The van der Waals surface area contributed by atoms with Crippen molar-refractivity contribution in [1.82, 2.24) is 10.2 Å². The number of anilines is 1. The van der Waals surface area contributed by atoms with Gasteiger partial charge in [0.05, 0.1) is 10.5 Å². The fraction of sp³-hybridized carbons (Fsp3) is 0.154. The molecule has 0 bridgehead atoms. The molecule has 0 radical (unpaired) electrons. The molecule has 0 aliphatic rings. The van der Waals surface area contributed by atoms with Gasteiger partial charge in [-0.3, -0.25) is 14.9 Å². The van der Waals surface area contributed by atoms with Gasteiger partial charge in [0.25, 0.3) is 11.6 Å². The van der Waals surface area contributed by atoms with Gasteiger partial charge in [-0.2, -0.15) is 0 Å². The molecule has 0 aliphatic heterocycles. The lowest BCUT2D eigenvalue weighted by Gasteiger charge is -2.08. The summed E-state index contributed by atoms with van der Waals surface area (Å²) in [5, 5.41) is 21.2. The molecule has 0 unspecified atom stereocenters. The van der Waals surface area contributed by atoms with E-state index in [1.165, 1.54) is 12.1 Å². The fourth-order valence-corrected chi connectivity index (χ4v) is 2.05. The van der Waals surface area contributed by atoms with Gasteiger partial charge in [0.2, 0.25) is 0 Å². The maximum atomic E-state index is 11.3. The summed E-state index contributed by atoms with van der Waals surface area (Å²) in [5.41, 5.74) is 5.96. The highest BCUT2D eigenvalue weighted by Crippen LogP contribution is 2.19. The van der Waals surface area contributed by atoms with Gasteiger partial charge in [0.15, 0.2) is 11.0 Å². The predicted molar refractivity (Wildman–Crippen MR) is 80.9 cm³/mol. The number of carbonyl (C=O) groups excluding carboxylic acids is 1. The molecular formula is C13H12ClN5O3.